The lowest BCUT2D eigenvalue weighted by Crippen LogP contribution is -2.45. The minimum absolute atomic E-state index is 0.0797. The number of nitrogens with one attached hydrogen (secondary N) is 1. The van der Waals surface area contributed by atoms with E-state index in [9.17, 15) is 9.18 Å². The molecule has 2 aliphatic rings. The van der Waals surface area contributed by atoms with E-state index in [0.29, 0.717) is 16.8 Å². The molecule has 26 heavy (non-hydrogen) atoms. The molecule has 1 amide bonds. The van der Waals surface area contributed by atoms with Crippen molar-refractivity contribution in [2.45, 2.75) is 31.7 Å². The van der Waals surface area contributed by atoms with Gasteiger partial charge < -0.3 is 10.2 Å². The number of amides is 1. The van der Waals surface area contributed by atoms with E-state index in [1.165, 1.54) is 31.5 Å². The van der Waals surface area contributed by atoms with Crippen LogP contribution in [0, 0.1) is 11.7 Å². The summed E-state index contributed by atoms with van der Waals surface area (Å²) in [5, 5.41) is 3.13. The lowest BCUT2D eigenvalue weighted by atomic mass is 10.0. The van der Waals surface area contributed by atoms with Gasteiger partial charge in [-0.3, -0.25) is 9.78 Å². The van der Waals surface area contributed by atoms with Crippen LogP contribution in [0.25, 0.3) is 11.3 Å². The van der Waals surface area contributed by atoms with E-state index in [2.05, 4.69) is 15.2 Å². The summed E-state index contributed by atoms with van der Waals surface area (Å²) >= 11 is 0. The number of carbonyl (C=O) groups is 1. The maximum atomic E-state index is 13.3. The van der Waals surface area contributed by atoms with Crippen molar-refractivity contribution in [3.05, 3.63) is 54.0 Å². The summed E-state index contributed by atoms with van der Waals surface area (Å²) in [5.74, 6) is 0.548. The molecule has 5 heteroatoms. The van der Waals surface area contributed by atoms with Crippen LogP contribution in [0.1, 0.15) is 36.0 Å². The van der Waals surface area contributed by atoms with Crippen LogP contribution < -0.4 is 5.32 Å². The summed E-state index contributed by atoms with van der Waals surface area (Å²) in [6, 6.07) is 10.1. The number of hydrogen-bond donors (Lipinski definition) is 1. The molecule has 1 aliphatic heterocycles. The fourth-order valence-corrected chi connectivity index (χ4v) is 3.54. The minimum atomic E-state index is -0.292. The highest BCUT2D eigenvalue weighted by molar-refractivity contribution is 5.94. The molecule has 0 radical (unpaired) electrons. The molecule has 1 saturated carbocycles. The summed E-state index contributed by atoms with van der Waals surface area (Å²) in [5.41, 5.74) is 1.92. The van der Waals surface area contributed by atoms with Crippen LogP contribution in [0.3, 0.4) is 0 Å². The van der Waals surface area contributed by atoms with E-state index < -0.39 is 0 Å². The summed E-state index contributed by atoms with van der Waals surface area (Å²) in [4.78, 5) is 19.3. The number of halogens is 1. The minimum Gasteiger partial charge on any atom is -0.349 e. The second-order valence-corrected chi connectivity index (χ2v) is 7.43. The van der Waals surface area contributed by atoms with Gasteiger partial charge >= 0.3 is 0 Å². The Morgan fingerprint density at radius 3 is 2.62 bits per heavy atom. The van der Waals surface area contributed by atoms with Gasteiger partial charge in [-0.05, 0) is 55.9 Å². The molecule has 2 heterocycles. The van der Waals surface area contributed by atoms with Crippen LogP contribution in [0.15, 0.2) is 42.6 Å². The van der Waals surface area contributed by atoms with E-state index in [-0.39, 0.29) is 17.8 Å². The number of piperidine rings is 1. The van der Waals surface area contributed by atoms with Gasteiger partial charge in [0.25, 0.3) is 5.91 Å². The number of pyridine rings is 1. The second-order valence-electron chi connectivity index (χ2n) is 7.43. The number of aromatic nitrogens is 1. The monoisotopic (exact) mass is 353 g/mol. The van der Waals surface area contributed by atoms with Crippen molar-refractivity contribution in [1.29, 1.82) is 0 Å². The molecule has 1 aromatic heterocycles. The average molecular weight is 353 g/mol. The fourth-order valence-electron chi connectivity index (χ4n) is 3.54. The first-order chi connectivity index (χ1) is 12.7. The van der Waals surface area contributed by atoms with E-state index in [1.54, 1.807) is 30.5 Å². The number of carbonyl (C=O) groups excluding carboxylic acids is 1. The van der Waals surface area contributed by atoms with Crippen LogP contribution in [0.2, 0.25) is 0 Å². The summed E-state index contributed by atoms with van der Waals surface area (Å²) in [7, 11) is 0. The van der Waals surface area contributed by atoms with Gasteiger partial charge in [0.15, 0.2) is 0 Å². The SMILES string of the molecule is O=C(NC1CCN(CC2CC2)CC1)c1ccc(-c2cccc(F)c2)nc1. The number of nitrogens with zero attached hydrogens (tertiary/aromatic N) is 2. The molecule has 1 aliphatic carbocycles. The molecular formula is C21H24FN3O. The molecule has 4 nitrogen and oxygen atoms in total. The average Bonchev–Trinajstić information content (AvgIpc) is 3.47. The standard InChI is InChI=1S/C21H24FN3O/c22-18-3-1-2-16(12-18)20-7-6-17(13-23-20)21(26)24-19-8-10-25(11-9-19)14-15-4-5-15/h1-3,6-7,12-13,15,19H,4-5,8-11,14H2,(H,24,26). The van der Waals surface area contributed by atoms with Crippen molar-refractivity contribution < 1.29 is 9.18 Å². The van der Waals surface area contributed by atoms with Gasteiger partial charge in [0.1, 0.15) is 5.82 Å². The van der Waals surface area contributed by atoms with Crippen LogP contribution in [-0.4, -0.2) is 41.5 Å². The van der Waals surface area contributed by atoms with Gasteiger partial charge in [-0.2, -0.15) is 0 Å². The highest BCUT2D eigenvalue weighted by Crippen LogP contribution is 2.30. The lowest BCUT2D eigenvalue weighted by Gasteiger charge is -2.32. The first kappa shape index (κ1) is 17.2. The Bertz CT molecular complexity index is 765. The normalized spacial score (nSPS) is 18.7. The zero-order valence-corrected chi connectivity index (χ0v) is 14.8. The number of likely N-dealkylation sites (tertiary alicyclic amines) is 1. The third-order valence-corrected chi connectivity index (χ3v) is 5.28. The highest BCUT2D eigenvalue weighted by Gasteiger charge is 2.27. The Hall–Kier alpha value is -2.27. The van der Waals surface area contributed by atoms with E-state index >= 15 is 0 Å². The van der Waals surface area contributed by atoms with Crippen molar-refractivity contribution >= 4 is 5.91 Å². The first-order valence-corrected chi connectivity index (χ1v) is 9.42. The Morgan fingerprint density at radius 2 is 1.96 bits per heavy atom. The Balaban J connectivity index is 1.32. The van der Waals surface area contributed by atoms with Crippen molar-refractivity contribution in [2.24, 2.45) is 5.92 Å². The van der Waals surface area contributed by atoms with Gasteiger partial charge in [0, 0.05) is 37.4 Å². The van der Waals surface area contributed by atoms with Crippen molar-refractivity contribution in [2.75, 3.05) is 19.6 Å². The zero-order valence-electron chi connectivity index (χ0n) is 14.8. The quantitative estimate of drug-likeness (QED) is 0.895. The van der Waals surface area contributed by atoms with E-state index in [1.807, 2.05) is 0 Å². The molecule has 0 atom stereocenters. The van der Waals surface area contributed by atoms with E-state index in [0.717, 1.165) is 31.8 Å². The molecule has 1 N–H and O–H groups in total. The largest absolute Gasteiger partial charge is 0.349 e. The maximum Gasteiger partial charge on any atom is 0.253 e. The smallest absolute Gasteiger partial charge is 0.253 e. The molecule has 1 saturated heterocycles. The Morgan fingerprint density at radius 1 is 1.15 bits per heavy atom. The number of rotatable bonds is 5. The highest BCUT2D eigenvalue weighted by atomic mass is 19.1. The molecule has 0 spiro atoms. The number of hydrogen-bond acceptors (Lipinski definition) is 3. The lowest BCUT2D eigenvalue weighted by molar-refractivity contribution is 0.0909. The molecule has 0 bridgehead atoms. The van der Waals surface area contributed by atoms with Crippen molar-refractivity contribution in [3.8, 4) is 11.3 Å². The van der Waals surface area contributed by atoms with Gasteiger partial charge in [-0.1, -0.05) is 12.1 Å². The van der Waals surface area contributed by atoms with E-state index in [4.69, 9.17) is 0 Å². The van der Waals surface area contributed by atoms with Crippen LogP contribution >= 0.6 is 0 Å². The van der Waals surface area contributed by atoms with Crippen LogP contribution in [0.4, 0.5) is 4.39 Å². The van der Waals surface area contributed by atoms with Crippen molar-refractivity contribution in [3.63, 3.8) is 0 Å². The fraction of sp³-hybridized carbons (Fsp3) is 0.429. The molecule has 0 unspecified atom stereocenters. The zero-order chi connectivity index (χ0) is 17.9. The molecule has 136 valence electrons. The predicted molar refractivity (Wildman–Crippen MR) is 99.3 cm³/mol. The molecule has 1 aromatic carbocycles. The third kappa shape index (κ3) is 4.28. The molecular weight excluding hydrogens is 329 g/mol. The van der Waals surface area contributed by atoms with Crippen molar-refractivity contribution in [1.82, 2.24) is 15.2 Å². The van der Waals surface area contributed by atoms with Gasteiger partial charge in [0.05, 0.1) is 11.3 Å². The maximum absolute atomic E-state index is 13.3. The first-order valence-electron chi connectivity index (χ1n) is 9.42. The van der Waals surface area contributed by atoms with Crippen LogP contribution in [-0.2, 0) is 0 Å². The topological polar surface area (TPSA) is 45.2 Å². The number of benzene rings is 1. The summed E-state index contributed by atoms with van der Waals surface area (Å²) in [6.45, 7) is 3.36. The summed E-state index contributed by atoms with van der Waals surface area (Å²) in [6.07, 6.45) is 6.35. The summed E-state index contributed by atoms with van der Waals surface area (Å²) < 4.78 is 13.3. The third-order valence-electron chi connectivity index (χ3n) is 5.28. The predicted octanol–water partition coefficient (Wildman–Crippen LogP) is 3.49. The molecule has 2 fully saturated rings. The molecule has 2 aromatic rings. The second kappa shape index (κ2) is 7.54. The van der Waals surface area contributed by atoms with Crippen LogP contribution in [0.5, 0.6) is 0 Å². The van der Waals surface area contributed by atoms with Gasteiger partial charge in [0.2, 0.25) is 0 Å². The Labute approximate surface area is 153 Å². The van der Waals surface area contributed by atoms with Gasteiger partial charge in [-0.25, -0.2) is 4.39 Å². The molecule has 4 rings (SSSR count). The van der Waals surface area contributed by atoms with Gasteiger partial charge in [-0.15, -0.1) is 0 Å². The Kier molecular flexibility index (Phi) is 4.98.